The molecule has 0 fully saturated rings. The van der Waals surface area contributed by atoms with Gasteiger partial charge in [-0.1, -0.05) is 20.8 Å². The molecule has 100 valence electrons. The fourth-order valence-corrected chi connectivity index (χ4v) is 1.45. The van der Waals surface area contributed by atoms with E-state index in [0.29, 0.717) is 18.3 Å². The minimum absolute atomic E-state index is 0.0157. The molecule has 0 aliphatic carbocycles. The summed E-state index contributed by atoms with van der Waals surface area (Å²) in [5.74, 6) is 1.87. The van der Waals surface area contributed by atoms with E-state index in [0.717, 1.165) is 17.9 Å². The predicted molar refractivity (Wildman–Crippen MR) is 72.5 cm³/mol. The van der Waals surface area contributed by atoms with Crippen molar-refractivity contribution in [3.8, 4) is 0 Å². The monoisotopic (exact) mass is 250 g/mol. The molecule has 0 aliphatic rings. The average Bonchev–Trinajstić information content (AvgIpc) is 2.33. The highest BCUT2D eigenvalue weighted by atomic mass is 16.1. The first-order chi connectivity index (χ1) is 8.51. The first-order valence-electron chi connectivity index (χ1n) is 6.36. The van der Waals surface area contributed by atoms with Gasteiger partial charge in [0.25, 0.3) is 0 Å². The third-order valence-electron chi connectivity index (χ3n) is 2.39. The lowest BCUT2D eigenvalue weighted by Crippen LogP contribution is -2.32. The normalized spacial score (nSPS) is 10.5. The minimum atomic E-state index is -0.0157. The maximum absolute atomic E-state index is 11.5. The van der Waals surface area contributed by atoms with Crippen LogP contribution in [0.15, 0.2) is 6.07 Å². The summed E-state index contributed by atoms with van der Waals surface area (Å²) in [6, 6.07) is 1.88. The summed E-state index contributed by atoms with van der Waals surface area (Å²) < 4.78 is 0. The Morgan fingerprint density at radius 2 is 2.11 bits per heavy atom. The Kier molecular flexibility index (Phi) is 5.55. The van der Waals surface area contributed by atoms with Crippen LogP contribution in [0.5, 0.6) is 0 Å². The number of aryl methyl sites for hydroxylation is 2. The first kappa shape index (κ1) is 14.4. The van der Waals surface area contributed by atoms with Gasteiger partial charge in [-0.2, -0.15) is 0 Å². The Labute approximate surface area is 108 Å². The van der Waals surface area contributed by atoms with Crippen LogP contribution in [0.25, 0.3) is 0 Å². The summed E-state index contributed by atoms with van der Waals surface area (Å²) in [4.78, 5) is 20.1. The smallest absolute Gasteiger partial charge is 0.239 e. The quantitative estimate of drug-likeness (QED) is 0.803. The van der Waals surface area contributed by atoms with Gasteiger partial charge in [-0.15, -0.1) is 0 Å². The number of hydrogen-bond acceptors (Lipinski definition) is 4. The van der Waals surface area contributed by atoms with Crippen LogP contribution < -0.4 is 10.6 Å². The Bertz CT molecular complexity index is 404. The molecule has 1 heterocycles. The van der Waals surface area contributed by atoms with Gasteiger partial charge in [-0.05, 0) is 19.3 Å². The molecule has 0 radical (unpaired) electrons. The molecule has 1 aromatic heterocycles. The van der Waals surface area contributed by atoms with Crippen molar-refractivity contribution in [3.05, 3.63) is 17.6 Å². The second-order valence-corrected chi connectivity index (χ2v) is 4.70. The predicted octanol–water partition coefficient (Wildman–Crippen LogP) is 1.53. The summed E-state index contributed by atoms with van der Waals surface area (Å²) in [6.07, 6.45) is 0.859. The molecule has 5 nitrogen and oxygen atoms in total. The molecule has 0 unspecified atom stereocenters. The second kappa shape index (κ2) is 6.93. The Morgan fingerprint density at radius 3 is 2.72 bits per heavy atom. The molecule has 1 amide bonds. The summed E-state index contributed by atoms with van der Waals surface area (Å²) in [6.45, 7) is 8.96. The fraction of sp³-hybridized carbons (Fsp3) is 0.615. The van der Waals surface area contributed by atoms with E-state index in [1.54, 1.807) is 0 Å². The number of hydrogen-bond donors (Lipinski definition) is 2. The van der Waals surface area contributed by atoms with Crippen molar-refractivity contribution in [2.75, 3.05) is 18.4 Å². The van der Waals surface area contributed by atoms with Gasteiger partial charge in [-0.25, -0.2) is 9.97 Å². The van der Waals surface area contributed by atoms with Crippen LogP contribution >= 0.6 is 0 Å². The Morgan fingerprint density at radius 1 is 1.39 bits per heavy atom. The van der Waals surface area contributed by atoms with Crippen molar-refractivity contribution < 1.29 is 4.79 Å². The fourth-order valence-electron chi connectivity index (χ4n) is 1.45. The highest BCUT2D eigenvalue weighted by Crippen LogP contribution is 2.06. The molecule has 18 heavy (non-hydrogen) atoms. The van der Waals surface area contributed by atoms with Crippen molar-refractivity contribution in [2.45, 2.75) is 34.1 Å². The van der Waals surface area contributed by atoms with E-state index >= 15 is 0 Å². The van der Waals surface area contributed by atoms with Crippen LogP contribution in [-0.2, 0) is 11.2 Å². The summed E-state index contributed by atoms with van der Waals surface area (Å²) in [7, 11) is 0. The Balaban J connectivity index is 2.47. The lowest BCUT2D eigenvalue weighted by atomic mass is 10.2. The number of carbonyl (C=O) groups is 1. The highest BCUT2D eigenvalue weighted by molar-refractivity contribution is 5.80. The van der Waals surface area contributed by atoms with E-state index in [9.17, 15) is 4.79 Å². The molecule has 0 spiro atoms. The second-order valence-electron chi connectivity index (χ2n) is 4.70. The molecule has 1 aromatic rings. The van der Waals surface area contributed by atoms with E-state index in [1.165, 1.54) is 0 Å². The van der Waals surface area contributed by atoms with E-state index in [2.05, 4.69) is 34.4 Å². The third-order valence-corrected chi connectivity index (χ3v) is 2.39. The van der Waals surface area contributed by atoms with Crippen molar-refractivity contribution >= 4 is 11.7 Å². The number of carbonyl (C=O) groups excluding carboxylic acids is 1. The zero-order valence-corrected chi connectivity index (χ0v) is 11.6. The number of anilines is 1. The maximum Gasteiger partial charge on any atom is 0.239 e. The molecule has 0 aliphatic heterocycles. The van der Waals surface area contributed by atoms with Gasteiger partial charge in [0.1, 0.15) is 11.6 Å². The molecular formula is C13H22N4O. The standard InChI is InChI=1S/C13H22N4O/c1-5-11-6-12(17-10(4)16-11)14-8-13(18)15-7-9(2)3/h6,9H,5,7-8H2,1-4H3,(H,15,18)(H,14,16,17). The lowest BCUT2D eigenvalue weighted by Gasteiger charge is -2.10. The van der Waals surface area contributed by atoms with Gasteiger partial charge in [0, 0.05) is 18.3 Å². The number of nitrogens with zero attached hydrogens (tertiary/aromatic N) is 2. The van der Waals surface area contributed by atoms with E-state index in [4.69, 9.17) is 0 Å². The molecule has 0 atom stereocenters. The average molecular weight is 250 g/mol. The van der Waals surface area contributed by atoms with E-state index in [1.807, 2.05) is 19.9 Å². The van der Waals surface area contributed by atoms with Gasteiger partial charge in [0.15, 0.2) is 0 Å². The van der Waals surface area contributed by atoms with Crippen molar-refractivity contribution in [2.24, 2.45) is 5.92 Å². The largest absolute Gasteiger partial charge is 0.361 e. The molecule has 0 saturated carbocycles. The molecule has 2 N–H and O–H groups in total. The molecule has 5 heteroatoms. The third kappa shape index (κ3) is 5.12. The van der Waals surface area contributed by atoms with Crippen LogP contribution in [0.2, 0.25) is 0 Å². The minimum Gasteiger partial charge on any atom is -0.361 e. The Hall–Kier alpha value is -1.65. The summed E-state index contributed by atoms with van der Waals surface area (Å²) in [5, 5.41) is 5.87. The van der Waals surface area contributed by atoms with E-state index < -0.39 is 0 Å². The molecule has 0 bridgehead atoms. The van der Waals surface area contributed by atoms with Gasteiger partial charge in [-0.3, -0.25) is 4.79 Å². The van der Waals surface area contributed by atoms with Crippen LogP contribution in [0, 0.1) is 12.8 Å². The molecular weight excluding hydrogens is 228 g/mol. The van der Waals surface area contributed by atoms with Gasteiger partial charge in [0.05, 0.1) is 6.54 Å². The van der Waals surface area contributed by atoms with E-state index in [-0.39, 0.29) is 12.5 Å². The highest BCUT2D eigenvalue weighted by Gasteiger charge is 2.04. The van der Waals surface area contributed by atoms with Crippen molar-refractivity contribution in [1.29, 1.82) is 0 Å². The molecule has 1 rings (SSSR count). The first-order valence-corrected chi connectivity index (χ1v) is 6.36. The van der Waals surface area contributed by atoms with Gasteiger partial charge >= 0.3 is 0 Å². The summed E-state index contributed by atoms with van der Waals surface area (Å²) in [5.41, 5.74) is 0.979. The zero-order chi connectivity index (χ0) is 13.5. The molecule has 0 aromatic carbocycles. The number of amides is 1. The zero-order valence-electron chi connectivity index (χ0n) is 11.6. The topological polar surface area (TPSA) is 66.9 Å². The number of aromatic nitrogens is 2. The summed E-state index contributed by atoms with van der Waals surface area (Å²) >= 11 is 0. The van der Waals surface area contributed by atoms with Crippen molar-refractivity contribution in [3.63, 3.8) is 0 Å². The number of nitrogens with one attached hydrogen (secondary N) is 2. The van der Waals surface area contributed by atoms with Crippen LogP contribution in [-0.4, -0.2) is 29.0 Å². The molecule has 0 saturated heterocycles. The van der Waals surface area contributed by atoms with Gasteiger partial charge < -0.3 is 10.6 Å². The van der Waals surface area contributed by atoms with Crippen molar-refractivity contribution in [1.82, 2.24) is 15.3 Å². The van der Waals surface area contributed by atoms with Gasteiger partial charge in [0.2, 0.25) is 5.91 Å². The SMILES string of the molecule is CCc1cc(NCC(=O)NCC(C)C)nc(C)n1. The maximum atomic E-state index is 11.5. The number of rotatable bonds is 6. The van der Waals surface area contributed by atoms with Crippen LogP contribution in [0.1, 0.15) is 32.3 Å². The van der Waals surface area contributed by atoms with Crippen LogP contribution in [0.3, 0.4) is 0 Å². The van der Waals surface area contributed by atoms with Crippen LogP contribution in [0.4, 0.5) is 5.82 Å². The lowest BCUT2D eigenvalue weighted by molar-refractivity contribution is -0.119.